The van der Waals surface area contributed by atoms with Crippen LogP contribution in [0.5, 0.6) is 11.5 Å². The summed E-state index contributed by atoms with van der Waals surface area (Å²) in [5.74, 6) is 0.441. The highest BCUT2D eigenvalue weighted by atomic mass is 127. The van der Waals surface area contributed by atoms with Crippen molar-refractivity contribution in [3.05, 3.63) is 61.8 Å². The van der Waals surface area contributed by atoms with E-state index in [0.29, 0.717) is 16.4 Å². The van der Waals surface area contributed by atoms with Gasteiger partial charge < -0.3 is 9.47 Å². The summed E-state index contributed by atoms with van der Waals surface area (Å²) in [6.45, 7) is 0.265. The second-order valence-corrected chi connectivity index (χ2v) is 7.85. The fourth-order valence-electron chi connectivity index (χ4n) is 2.40. The van der Waals surface area contributed by atoms with Gasteiger partial charge in [-0.2, -0.15) is 0 Å². The van der Waals surface area contributed by atoms with Gasteiger partial charge in [0.05, 0.1) is 15.6 Å². The van der Waals surface area contributed by atoms with E-state index >= 15 is 0 Å². The number of imide groups is 1. The lowest BCUT2D eigenvalue weighted by Crippen LogP contribution is -2.22. The molecule has 1 fully saturated rings. The number of rotatable bonds is 5. The number of methoxy groups -OCH3 is 1. The summed E-state index contributed by atoms with van der Waals surface area (Å²) in [5.41, 5.74) is 1.55. The molecule has 1 heterocycles. The van der Waals surface area contributed by atoms with Crippen LogP contribution in [-0.4, -0.2) is 30.2 Å². The molecule has 3 rings (SSSR count). The third-order valence-corrected chi connectivity index (χ3v) is 5.59. The van der Waals surface area contributed by atoms with Gasteiger partial charge in [0.15, 0.2) is 11.5 Å². The van der Waals surface area contributed by atoms with Crippen molar-refractivity contribution in [2.45, 2.75) is 6.61 Å². The largest absolute Gasteiger partial charge is 0.493 e. The topological polar surface area (TPSA) is 55.8 Å². The fourth-order valence-corrected chi connectivity index (χ4v) is 4.00. The van der Waals surface area contributed by atoms with Gasteiger partial charge in [0.25, 0.3) is 11.1 Å². The van der Waals surface area contributed by atoms with Gasteiger partial charge in [-0.05, 0) is 75.8 Å². The Balaban J connectivity index is 1.84. The van der Waals surface area contributed by atoms with Gasteiger partial charge in [-0.1, -0.05) is 12.1 Å². The van der Waals surface area contributed by atoms with Crippen molar-refractivity contribution in [1.82, 2.24) is 4.90 Å². The molecular weight excluding hydrogens is 484 g/mol. The SMILES string of the molecule is COc1cc(/C=C2\SC(=O)N(C)C2=O)cc(I)c1OCc1ccc(F)cc1. The molecule has 0 aliphatic carbocycles. The highest BCUT2D eigenvalue weighted by Gasteiger charge is 2.31. The van der Waals surface area contributed by atoms with Crippen LogP contribution >= 0.6 is 34.4 Å². The molecule has 8 heteroatoms. The molecule has 0 radical (unpaired) electrons. The highest BCUT2D eigenvalue weighted by molar-refractivity contribution is 14.1. The second-order valence-electron chi connectivity index (χ2n) is 5.69. The first-order chi connectivity index (χ1) is 12.9. The van der Waals surface area contributed by atoms with Crippen LogP contribution in [-0.2, 0) is 11.4 Å². The molecule has 1 aliphatic heterocycles. The Kier molecular flexibility index (Phi) is 6.05. The predicted octanol–water partition coefficient (Wildman–Crippen LogP) is 4.68. The Bertz CT molecular complexity index is 930. The zero-order valence-corrected chi connectivity index (χ0v) is 17.5. The van der Waals surface area contributed by atoms with Crippen LogP contribution in [0.15, 0.2) is 41.3 Å². The summed E-state index contributed by atoms with van der Waals surface area (Å²) in [6.07, 6.45) is 1.66. The van der Waals surface area contributed by atoms with Gasteiger partial charge >= 0.3 is 0 Å². The van der Waals surface area contributed by atoms with E-state index in [2.05, 4.69) is 22.6 Å². The van der Waals surface area contributed by atoms with Crippen LogP contribution in [0.25, 0.3) is 6.08 Å². The van der Waals surface area contributed by atoms with Gasteiger partial charge in [0.1, 0.15) is 12.4 Å². The zero-order chi connectivity index (χ0) is 19.6. The molecule has 0 bridgehead atoms. The lowest BCUT2D eigenvalue weighted by Gasteiger charge is -2.14. The minimum Gasteiger partial charge on any atom is -0.493 e. The molecule has 0 atom stereocenters. The average Bonchev–Trinajstić information content (AvgIpc) is 2.88. The summed E-state index contributed by atoms with van der Waals surface area (Å²) in [5, 5.41) is -0.299. The Labute approximate surface area is 173 Å². The van der Waals surface area contributed by atoms with Crippen LogP contribution in [0.4, 0.5) is 9.18 Å². The van der Waals surface area contributed by atoms with E-state index in [1.54, 1.807) is 24.3 Å². The first-order valence-corrected chi connectivity index (χ1v) is 9.75. The van der Waals surface area contributed by atoms with Gasteiger partial charge in [0.2, 0.25) is 0 Å². The van der Waals surface area contributed by atoms with E-state index in [9.17, 15) is 14.0 Å². The van der Waals surface area contributed by atoms with E-state index in [0.717, 1.165) is 31.4 Å². The fraction of sp³-hybridized carbons (Fsp3) is 0.158. The average molecular weight is 499 g/mol. The lowest BCUT2D eigenvalue weighted by atomic mass is 10.1. The molecule has 0 aromatic heterocycles. The number of carbonyl (C=O) groups excluding carboxylic acids is 2. The molecule has 27 heavy (non-hydrogen) atoms. The summed E-state index contributed by atoms with van der Waals surface area (Å²) >= 11 is 3.02. The number of carbonyl (C=O) groups is 2. The summed E-state index contributed by atoms with van der Waals surface area (Å²) in [4.78, 5) is 25.1. The monoisotopic (exact) mass is 499 g/mol. The normalized spacial score (nSPS) is 15.6. The molecular formula is C19H15FINO4S. The minimum absolute atomic E-state index is 0.265. The zero-order valence-electron chi connectivity index (χ0n) is 14.5. The van der Waals surface area contributed by atoms with E-state index in [1.165, 1.54) is 26.3 Å². The van der Waals surface area contributed by atoms with E-state index in [1.807, 2.05) is 6.07 Å². The van der Waals surface area contributed by atoms with Crippen LogP contribution in [0, 0.1) is 9.39 Å². The van der Waals surface area contributed by atoms with Gasteiger partial charge in [-0.15, -0.1) is 0 Å². The summed E-state index contributed by atoms with van der Waals surface area (Å²) in [7, 11) is 2.98. The molecule has 2 aromatic rings. The Morgan fingerprint density at radius 2 is 1.93 bits per heavy atom. The van der Waals surface area contributed by atoms with E-state index in [4.69, 9.17) is 9.47 Å². The molecule has 0 saturated carbocycles. The predicted molar refractivity (Wildman–Crippen MR) is 110 cm³/mol. The Hall–Kier alpha value is -2.07. The minimum atomic E-state index is -0.324. The van der Waals surface area contributed by atoms with Crippen molar-refractivity contribution in [3.8, 4) is 11.5 Å². The quantitative estimate of drug-likeness (QED) is 0.442. The molecule has 140 valence electrons. The number of likely N-dealkylation sites (N-methyl/N-ethyl adjacent to an activating group) is 1. The second kappa shape index (κ2) is 8.30. The van der Waals surface area contributed by atoms with Crippen molar-refractivity contribution in [1.29, 1.82) is 0 Å². The molecule has 0 spiro atoms. The smallest absolute Gasteiger partial charge is 0.293 e. The van der Waals surface area contributed by atoms with Gasteiger partial charge in [0, 0.05) is 7.05 Å². The van der Waals surface area contributed by atoms with Crippen molar-refractivity contribution in [3.63, 3.8) is 0 Å². The number of nitrogens with zero attached hydrogens (tertiary/aromatic N) is 1. The standard InChI is InChI=1S/C19H15FINO4S/c1-22-18(23)16(27-19(22)24)9-12-7-14(21)17(15(8-12)25-2)26-10-11-3-5-13(20)6-4-11/h3-9H,10H2,1-2H3/b16-9-. The van der Waals surface area contributed by atoms with Gasteiger partial charge in [-0.25, -0.2) is 4.39 Å². The highest BCUT2D eigenvalue weighted by Crippen LogP contribution is 2.37. The maximum atomic E-state index is 13.0. The molecule has 2 aromatic carbocycles. The van der Waals surface area contributed by atoms with Crippen LogP contribution in [0.1, 0.15) is 11.1 Å². The van der Waals surface area contributed by atoms with Crippen molar-refractivity contribution < 1.29 is 23.5 Å². The van der Waals surface area contributed by atoms with Crippen LogP contribution in [0.3, 0.4) is 0 Å². The molecule has 1 aliphatic rings. The third-order valence-electron chi connectivity index (χ3n) is 3.83. The molecule has 2 amide bonds. The first kappa shape index (κ1) is 19.7. The number of amides is 2. The number of benzene rings is 2. The molecule has 5 nitrogen and oxygen atoms in total. The summed E-state index contributed by atoms with van der Waals surface area (Å²) < 4.78 is 25.1. The first-order valence-electron chi connectivity index (χ1n) is 7.85. The molecule has 0 N–H and O–H groups in total. The van der Waals surface area contributed by atoms with Gasteiger partial charge in [-0.3, -0.25) is 14.5 Å². The summed E-state index contributed by atoms with van der Waals surface area (Å²) in [6, 6.07) is 9.65. The Morgan fingerprint density at radius 1 is 1.22 bits per heavy atom. The maximum Gasteiger partial charge on any atom is 0.293 e. The van der Waals surface area contributed by atoms with Crippen LogP contribution in [0.2, 0.25) is 0 Å². The van der Waals surface area contributed by atoms with E-state index in [-0.39, 0.29) is 23.6 Å². The number of ether oxygens (including phenoxy) is 2. The number of halogens is 2. The maximum absolute atomic E-state index is 13.0. The van der Waals surface area contributed by atoms with Crippen molar-refractivity contribution in [2.24, 2.45) is 0 Å². The molecule has 0 unspecified atom stereocenters. The number of hydrogen-bond donors (Lipinski definition) is 0. The Morgan fingerprint density at radius 3 is 2.52 bits per heavy atom. The third kappa shape index (κ3) is 4.44. The number of hydrogen-bond acceptors (Lipinski definition) is 5. The number of thioether (sulfide) groups is 1. The van der Waals surface area contributed by atoms with Crippen molar-refractivity contribution in [2.75, 3.05) is 14.2 Å². The van der Waals surface area contributed by atoms with E-state index < -0.39 is 0 Å². The lowest BCUT2D eigenvalue weighted by molar-refractivity contribution is -0.121. The van der Waals surface area contributed by atoms with Crippen molar-refractivity contribution >= 4 is 51.6 Å². The van der Waals surface area contributed by atoms with Crippen LogP contribution < -0.4 is 9.47 Å². The molecule has 1 saturated heterocycles.